The van der Waals surface area contributed by atoms with Gasteiger partial charge in [-0.3, -0.25) is 0 Å². The average molecular weight is 504 g/mol. The van der Waals surface area contributed by atoms with E-state index in [1.54, 1.807) is 35.1 Å². The quantitative estimate of drug-likeness (QED) is 0.324. The maximum atomic E-state index is 15.4. The van der Waals surface area contributed by atoms with E-state index >= 15 is 8.78 Å². The number of ether oxygens (including phenoxy) is 2. The summed E-state index contributed by atoms with van der Waals surface area (Å²) in [5, 5.41) is 23.6. The normalized spacial score (nSPS) is 19.5. The third-order valence-corrected chi connectivity index (χ3v) is 6.47. The lowest BCUT2D eigenvalue weighted by atomic mass is 9.99. The fourth-order valence-corrected chi connectivity index (χ4v) is 4.50. The van der Waals surface area contributed by atoms with Crippen molar-refractivity contribution in [2.75, 3.05) is 13.2 Å². The first-order chi connectivity index (χ1) is 18.0. The van der Waals surface area contributed by atoms with Crippen molar-refractivity contribution in [2.45, 2.75) is 18.3 Å². The zero-order chi connectivity index (χ0) is 25.5. The molecule has 1 fully saturated rings. The number of fused-ring (bicyclic) bond motifs is 1. The minimum Gasteiger partial charge on any atom is -0.456 e. The van der Waals surface area contributed by atoms with Crippen molar-refractivity contribution in [3.63, 3.8) is 0 Å². The second kappa shape index (κ2) is 9.40. The van der Waals surface area contributed by atoms with Gasteiger partial charge in [0, 0.05) is 18.5 Å². The molecule has 8 nitrogen and oxygen atoms in total. The van der Waals surface area contributed by atoms with Gasteiger partial charge in [0.15, 0.2) is 11.9 Å². The second-order valence-electron chi connectivity index (χ2n) is 8.76. The number of halogens is 2. The van der Waals surface area contributed by atoms with E-state index < -0.39 is 29.9 Å². The number of imidazole rings is 1. The summed E-state index contributed by atoms with van der Waals surface area (Å²) in [5.41, 5.74) is 2.97. The van der Waals surface area contributed by atoms with Gasteiger partial charge in [0.2, 0.25) is 0 Å². The first-order valence-electron chi connectivity index (χ1n) is 11.7. The van der Waals surface area contributed by atoms with Crippen LogP contribution in [0.2, 0.25) is 0 Å². The first kappa shape index (κ1) is 23.3. The van der Waals surface area contributed by atoms with Gasteiger partial charge in [-0.2, -0.15) is 10.1 Å². The zero-order valence-corrected chi connectivity index (χ0v) is 19.4. The fourth-order valence-electron chi connectivity index (χ4n) is 4.50. The van der Waals surface area contributed by atoms with Gasteiger partial charge < -0.3 is 24.7 Å². The summed E-state index contributed by atoms with van der Waals surface area (Å²) in [5.74, 6) is -1.57. The fraction of sp³-hybridized carbons (Fsp3) is 0.185. The predicted molar refractivity (Wildman–Crippen MR) is 131 cm³/mol. The number of nitrogens with one attached hydrogen (secondary N) is 1. The summed E-state index contributed by atoms with van der Waals surface area (Å²) in [6, 6.07) is 17.7. The van der Waals surface area contributed by atoms with Gasteiger partial charge in [-0.25, -0.2) is 13.5 Å². The van der Waals surface area contributed by atoms with Crippen LogP contribution in [-0.2, 0) is 4.74 Å². The minimum absolute atomic E-state index is 0.0316. The van der Waals surface area contributed by atoms with Crippen LogP contribution < -0.4 is 4.74 Å². The number of benzene rings is 3. The lowest BCUT2D eigenvalue weighted by Gasteiger charge is -2.15. The van der Waals surface area contributed by atoms with Crippen molar-refractivity contribution < 1.29 is 28.5 Å². The topological polar surface area (TPSA) is 105 Å². The molecule has 2 unspecified atom stereocenters. The monoisotopic (exact) mass is 504 g/mol. The van der Waals surface area contributed by atoms with Crippen LogP contribution in [0.5, 0.6) is 6.01 Å². The summed E-state index contributed by atoms with van der Waals surface area (Å²) in [7, 11) is 0. The second-order valence-corrected chi connectivity index (χ2v) is 8.76. The van der Waals surface area contributed by atoms with Crippen LogP contribution in [0.1, 0.15) is 0 Å². The molecule has 3 N–H and O–H groups in total. The number of hydrogen-bond acceptors (Lipinski definition) is 6. The Kier molecular flexibility index (Phi) is 5.91. The first-order valence-corrected chi connectivity index (χ1v) is 11.7. The zero-order valence-electron chi connectivity index (χ0n) is 19.4. The third kappa shape index (κ3) is 4.25. The van der Waals surface area contributed by atoms with Crippen molar-refractivity contribution >= 4 is 11.0 Å². The molecule has 1 saturated heterocycles. The van der Waals surface area contributed by atoms with Crippen molar-refractivity contribution in [3.05, 3.63) is 84.7 Å². The molecule has 1 aliphatic heterocycles. The van der Waals surface area contributed by atoms with E-state index in [0.717, 1.165) is 22.9 Å². The lowest BCUT2D eigenvalue weighted by Crippen LogP contribution is -2.36. The molecule has 3 aromatic carbocycles. The van der Waals surface area contributed by atoms with Gasteiger partial charge in [0.05, 0.1) is 30.0 Å². The summed E-state index contributed by atoms with van der Waals surface area (Å²) in [4.78, 5) is 6.86. The lowest BCUT2D eigenvalue weighted by molar-refractivity contribution is -0.00390. The van der Waals surface area contributed by atoms with Crippen LogP contribution in [-0.4, -0.2) is 61.5 Å². The Hall–Kier alpha value is -4.12. The summed E-state index contributed by atoms with van der Waals surface area (Å²) in [6.45, 7) is -0.330. The predicted octanol–water partition coefficient (Wildman–Crippen LogP) is 3.86. The highest BCUT2D eigenvalue weighted by Crippen LogP contribution is 2.34. The molecule has 0 amide bonds. The molecule has 0 aliphatic carbocycles. The highest BCUT2D eigenvalue weighted by molar-refractivity contribution is 5.84. The molecular formula is C27H22F2N4O4. The Morgan fingerprint density at radius 1 is 1.05 bits per heavy atom. The van der Waals surface area contributed by atoms with Crippen LogP contribution in [0.15, 0.2) is 73.1 Å². The molecule has 3 heterocycles. The number of aromatic nitrogens is 4. The Morgan fingerprint density at radius 3 is 2.41 bits per heavy atom. The highest BCUT2D eigenvalue weighted by Gasteiger charge is 2.37. The maximum absolute atomic E-state index is 15.4. The molecular weight excluding hydrogens is 482 g/mol. The number of H-pyrrole nitrogens is 1. The van der Waals surface area contributed by atoms with E-state index in [1.165, 1.54) is 0 Å². The molecule has 1 aliphatic rings. The van der Waals surface area contributed by atoms with Gasteiger partial charge in [-0.05, 0) is 34.9 Å². The summed E-state index contributed by atoms with van der Waals surface area (Å²) in [6.07, 6.45) is 0.924. The molecule has 2 aromatic heterocycles. The van der Waals surface area contributed by atoms with Crippen molar-refractivity contribution in [2.24, 2.45) is 0 Å². The van der Waals surface area contributed by atoms with E-state index in [0.29, 0.717) is 5.56 Å². The Balaban J connectivity index is 1.26. The van der Waals surface area contributed by atoms with E-state index in [-0.39, 0.29) is 35.8 Å². The molecule has 0 saturated carbocycles. The van der Waals surface area contributed by atoms with Crippen LogP contribution in [0.4, 0.5) is 8.78 Å². The van der Waals surface area contributed by atoms with Gasteiger partial charge in [0.1, 0.15) is 23.5 Å². The minimum atomic E-state index is -1.07. The SMILES string of the molecule is OC[C@H]1OCC(Oc2nc3c(F)c(-c4ccc(-c5ccc(-n6cccn6)cc5)cc4)c(F)cc3[nH]2)C1O. The largest absolute Gasteiger partial charge is 0.456 e. The van der Waals surface area contributed by atoms with E-state index in [1.807, 2.05) is 36.5 Å². The Bertz CT molecular complexity index is 1540. The summed E-state index contributed by atoms with van der Waals surface area (Å²) >= 11 is 0. The van der Waals surface area contributed by atoms with E-state index in [2.05, 4.69) is 15.1 Å². The molecule has 188 valence electrons. The van der Waals surface area contributed by atoms with Gasteiger partial charge in [-0.15, -0.1) is 0 Å². The average Bonchev–Trinajstić information content (AvgIpc) is 3.66. The maximum Gasteiger partial charge on any atom is 0.295 e. The van der Waals surface area contributed by atoms with Crippen molar-refractivity contribution in [3.8, 4) is 34.0 Å². The highest BCUT2D eigenvalue weighted by atomic mass is 19.1. The molecule has 3 atom stereocenters. The van der Waals surface area contributed by atoms with Crippen molar-refractivity contribution in [1.29, 1.82) is 0 Å². The van der Waals surface area contributed by atoms with Gasteiger partial charge >= 0.3 is 0 Å². The Labute approximate surface area is 209 Å². The number of hydrogen-bond donors (Lipinski definition) is 3. The van der Waals surface area contributed by atoms with Gasteiger partial charge in [-0.1, -0.05) is 36.4 Å². The summed E-state index contributed by atoms with van der Waals surface area (Å²) < 4.78 is 43.1. The molecule has 5 aromatic rings. The molecule has 0 spiro atoms. The van der Waals surface area contributed by atoms with Crippen LogP contribution in [0.3, 0.4) is 0 Å². The van der Waals surface area contributed by atoms with E-state index in [9.17, 15) is 10.2 Å². The number of aromatic amines is 1. The van der Waals surface area contributed by atoms with Gasteiger partial charge in [0.25, 0.3) is 6.01 Å². The standard InChI is InChI=1S/C27H22F2N4O4/c28-19-12-20-25(32-27(31-20)37-22-14-36-21(13-34)26(22)35)24(29)23(19)17-4-2-15(3-5-17)16-6-8-18(9-7-16)33-11-1-10-30-33/h1-12,21-22,26,34-35H,13-14H2,(H,31,32)/t21-,22?,26?/m1/s1. The molecule has 6 rings (SSSR count). The van der Waals surface area contributed by atoms with Crippen LogP contribution in [0.25, 0.3) is 39.0 Å². The van der Waals surface area contributed by atoms with E-state index in [4.69, 9.17) is 9.47 Å². The van der Waals surface area contributed by atoms with Crippen LogP contribution >= 0.6 is 0 Å². The Morgan fingerprint density at radius 2 is 1.76 bits per heavy atom. The molecule has 0 radical (unpaired) electrons. The number of nitrogens with zero attached hydrogens (tertiary/aromatic N) is 3. The van der Waals surface area contributed by atoms with Crippen LogP contribution in [0, 0.1) is 11.6 Å². The smallest absolute Gasteiger partial charge is 0.295 e. The number of rotatable bonds is 6. The number of aliphatic hydroxyl groups is 2. The molecule has 37 heavy (non-hydrogen) atoms. The number of aliphatic hydroxyl groups excluding tert-OH is 2. The molecule has 0 bridgehead atoms. The van der Waals surface area contributed by atoms with Crippen molar-refractivity contribution in [1.82, 2.24) is 19.7 Å². The molecule has 10 heteroatoms. The third-order valence-electron chi connectivity index (χ3n) is 6.47.